The Bertz CT molecular complexity index is 330. The molecule has 90 valence electrons. The van der Waals surface area contributed by atoms with E-state index in [-0.39, 0.29) is 0 Å². The van der Waals surface area contributed by atoms with Crippen LogP contribution in [0.2, 0.25) is 0 Å². The Morgan fingerprint density at radius 1 is 1.50 bits per heavy atom. The molecule has 1 unspecified atom stereocenters. The Balaban J connectivity index is 2.61. The summed E-state index contributed by atoms with van der Waals surface area (Å²) in [7, 11) is 0. The Kier molecular flexibility index (Phi) is 5.38. The number of thioether (sulfide) groups is 1. The highest BCUT2D eigenvalue weighted by atomic mass is 32.2. The highest BCUT2D eigenvalue weighted by Crippen LogP contribution is 2.12. The molecule has 1 heterocycles. The van der Waals surface area contributed by atoms with Gasteiger partial charge in [0.05, 0.1) is 0 Å². The van der Waals surface area contributed by atoms with Crippen molar-refractivity contribution < 1.29 is 0 Å². The van der Waals surface area contributed by atoms with Gasteiger partial charge in [0.15, 0.2) is 0 Å². The van der Waals surface area contributed by atoms with Crippen LogP contribution in [0.15, 0.2) is 6.07 Å². The largest absolute Gasteiger partial charge is 0.384 e. The summed E-state index contributed by atoms with van der Waals surface area (Å²) >= 11 is 1.85. The van der Waals surface area contributed by atoms with Gasteiger partial charge in [-0.2, -0.15) is 11.8 Å². The second kappa shape index (κ2) is 6.58. The van der Waals surface area contributed by atoms with Crippen LogP contribution in [0.5, 0.6) is 0 Å². The van der Waals surface area contributed by atoms with Crippen molar-refractivity contribution in [3.63, 3.8) is 0 Å². The molecule has 1 atom stereocenters. The molecule has 0 aliphatic rings. The predicted octanol–water partition coefficient (Wildman–Crippen LogP) is 2.17. The maximum absolute atomic E-state index is 5.72. The van der Waals surface area contributed by atoms with E-state index in [1.54, 1.807) is 6.07 Å². The molecule has 0 aliphatic carbocycles. The van der Waals surface area contributed by atoms with Crippen LogP contribution in [-0.2, 0) is 6.42 Å². The summed E-state index contributed by atoms with van der Waals surface area (Å²) in [5.74, 6) is 3.30. The minimum absolute atomic E-state index is 0.409. The predicted molar refractivity (Wildman–Crippen MR) is 71.9 cm³/mol. The van der Waals surface area contributed by atoms with Gasteiger partial charge in [-0.15, -0.1) is 0 Å². The van der Waals surface area contributed by atoms with Crippen molar-refractivity contribution in [2.24, 2.45) is 0 Å². The standard InChI is InChI=1S/C11H20N4S/c1-4-10-14-9(12)7-11(15-10)13-8(2)5-6-16-3/h7-8H,4-6H2,1-3H3,(H3,12,13,14,15). The van der Waals surface area contributed by atoms with Crippen molar-refractivity contribution in [2.75, 3.05) is 23.1 Å². The molecule has 0 saturated heterocycles. The van der Waals surface area contributed by atoms with Crippen LogP contribution in [0.3, 0.4) is 0 Å². The average molecular weight is 240 g/mol. The van der Waals surface area contributed by atoms with Crippen molar-refractivity contribution in [2.45, 2.75) is 32.7 Å². The van der Waals surface area contributed by atoms with Crippen LogP contribution >= 0.6 is 11.8 Å². The fourth-order valence-electron chi connectivity index (χ4n) is 1.37. The van der Waals surface area contributed by atoms with Gasteiger partial charge in [0.1, 0.15) is 17.5 Å². The van der Waals surface area contributed by atoms with E-state index in [2.05, 4.69) is 28.5 Å². The smallest absolute Gasteiger partial charge is 0.132 e. The molecule has 0 aliphatic heterocycles. The Morgan fingerprint density at radius 2 is 2.25 bits per heavy atom. The van der Waals surface area contributed by atoms with Crippen molar-refractivity contribution in [3.05, 3.63) is 11.9 Å². The number of rotatable bonds is 6. The molecule has 0 bridgehead atoms. The van der Waals surface area contributed by atoms with Crippen LogP contribution < -0.4 is 11.1 Å². The van der Waals surface area contributed by atoms with Gasteiger partial charge in [-0.3, -0.25) is 0 Å². The maximum Gasteiger partial charge on any atom is 0.132 e. The monoisotopic (exact) mass is 240 g/mol. The zero-order valence-electron chi connectivity index (χ0n) is 10.2. The number of hydrogen-bond donors (Lipinski definition) is 2. The minimum atomic E-state index is 0.409. The van der Waals surface area contributed by atoms with Crippen molar-refractivity contribution >= 4 is 23.4 Å². The summed E-state index contributed by atoms with van der Waals surface area (Å²) in [6, 6.07) is 2.20. The first kappa shape index (κ1) is 13.1. The first-order chi connectivity index (χ1) is 7.65. The van der Waals surface area contributed by atoms with Gasteiger partial charge < -0.3 is 11.1 Å². The molecular formula is C11H20N4S. The van der Waals surface area contributed by atoms with Crippen LogP contribution in [0.1, 0.15) is 26.1 Å². The Labute approximate surface area is 101 Å². The fraction of sp³-hybridized carbons (Fsp3) is 0.636. The molecule has 0 saturated carbocycles. The SMILES string of the molecule is CCc1nc(N)cc(NC(C)CCSC)n1. The average Bonchev–Trinajstić information content (AvgIpc) is 2.25. The van der Waals surface area contributed by atoms with Crippen LogP contribution in [0.4, 0.5) is 11.6 Å². The zero-order chi connectivity index (χ0) is 12.0. The van der Waals surface area contributed by atoms with Crippen LogP contribution in [-0.4, -0.2) is 28.0 Å². The lowest BCUT2D eigenvalue weighted by Gasteiger charge is -2.14. The maximum atomic E-state index is 5.72. The number of anilines is 2. The molecule has 1 aromatic heterocycles. The van der Waals surface area contributed by atoms with Gasteiger partial charge in [-0.1, -0.05) is 6.92 Å². The van der Waals surface area contributed by atoms with Gasteiger partial charge >= 0.3 is 0 Å². The normalized spacial score (nSPS) is 12.4. The lowest BCUT2D eigenvalue weighted by molar-refractivity contribution is 0.763. The molecule has 1 rings (SSSR count). The lowest BCUT2D eigenvalue weighted by atomic mass is 10.2. The van der Waals surface area contributed by atoms with E-state index in [1.165, 1.54) is 0 Å². The summed E-state index contributed by atoms with van der Waals surface area (Å²) in [4.78, 5) is 8.54. The number of nitrogens with one attached hydrogen (secondary N) is 1. The van der Waals surface area contributed by atoms with Crippen LogP contribution in [0, 0.1) is 0 Å². The van der Waals surface area contributed by atoms with Gasteiger partial charge in [-0.25, -0.2) is 9.97 Å². The van der Waals surface area contributed by atoms with Crippen LogP contribution in [0.25, 0.3) is 0 Å². The van der Waals surface area contributed by atoms with Crippen molar-refractivity contribution in [3.8, 4) is 0 Å². The summed E-state index contributed by atoms with van der Waals surface area (Å²) in [6.07, 6.45) is 4.04. The van der Waals surface area contributed by atoms with E-state index in [9.17, 15) is 0 Å². The number of aryl methyl sites for hydroxylation is 1. The zero-order valence-corrected chi connectivity index (χ0v) is 11.0. The molecule has 4 nitrogen and oxygen atoms in total. The Morgan fingerprint density at radius 3 is 2.88 bits per heavy atom. The molecular weight excluding hydrogens is 220 g/mol. The van der Waals surface area contributed by atoms with Gasteiger partial charge in [0.25, 0.3) is 0 Å². The quantitative estimate of drug-likeness (QED) is 0.798. The summed E-state index contributed by atoms with van der Waals surface area (Å²) in [6.45, 7) is 4.18. The molecule has 3 N–H and O–H groups in total. The first-order valence-corrected chi connectivity index (χ1v) is 6.94. The van der Waals surface area contributed by atoms with Crippen molar-refractivity contribution in [1.82, 2.24) is 9.97 Å². The molecule has 0 aromatic carbocycles. The first-order valence-electron chi connectivity index (χ1n) is 5.54. The molecule has 16 heavy (non-hydrogen) atoms. The number of aromatic nitrogens is 2. The highest BCUT2D eigenvalue weighted by molar-refractivity contribution is 7.98. The lowest BCUT2D eigenvalue weighted by Crippen LogP contribution is -2.17. The number of nitrogens with zero attached hydrogens (tertiary/aromatic N) is 2. The molecule has 0 amide bonds. The van der Waals surface area contributed by atoms with E-state index in [1.807, 2.05) is 18.7 Å². The number of hydrogen-bond acceptors (Lipinski definition) is 5. The van der Waals surface area contributed by atoms with E-state index in [4.69, 9.17) is 5.73 Å². The molecule has 0 spiro atoms. The summed E-state index contributed by atoms with van der Waals surface area (Å²) in [5, 5.41) is 3.35. The topological polar surface area (TPSA) is 63.8 Å². The number of nitrogens with two attached hydrogens (primary N) is 1. The summed E-state index contributed by atoms with van der Waals surface area (Å²) in [5.41, 5.74) is 5.72. The molecule has 5 heteroatoms. The Hall–Kier alpha value is -0.970. The third-order valence-electron chi connectivity index (χ3n) is 2.26. The fourth-order valence-corrected chi connectivity index (χ4v) is 1.96. The third-order valence-corrected chi connectivity index (χ3v) is 2.90. The van der Waals surface area contributed by atoms with Gasteiger partial charge in [-0.05, 0) is 25.4 Å². The second-order valence-corrected chi connectivity index (χ2v) is 4.76. The van der Waals surface area contributed by atoms with E-state index in [0.717, 1.165) is 30.2 Å². The molecule has 0 fully saturated rings. The summed E-state index contributed by atoms with van der Waals surface area (Å²) < 4.78 is 0. The number of nitrogen functional groups attached to an aromatic ring is 1. The molecule has 0 radical (unpaired) electrons. The highest BCUT2D eigenvalue weighted by Gasteiger charge is 2.05. The van der Waals surface area contributed by atoms with Crippen molar-refractivity contribution in [1.29, 1.82) is 0 Å². The van der Waals surface area contributed by atoms with Gasteiger partial charge in [0.2, 0.25) is 0 Å². The van der Waals surface area contributed by atoms with E-state index in [0.29, 0.717) is 11.9 Å². The van der Waals surface area contributed by atoms with E-state index < -0.39 is 0 Å². The second-order valence-electron chi connectivity index (χ2n) is 3.77. The van der Waals surface area contributed by atoms with E-state index >= 15 is 0 Å². The molecule has 1 aromatic rings. The third kappa shape index (κ3) is 4.26. The minimum Gasteiger partial charge on any atom is -0.384 e. The van der Waals surface area contributed by atoms with Gasteiger partial charge in [0, 0.05) is 18.5 Å².